The van der Waals surface area contributed by atoms with Gasteiger partial charge in [0.2, 0.25) is 0 Å². The molecule has 3 rings (SSSR count). The third kappa shape index (κ3) is 4.71. The van der Waals surface area contributed by atoms with Crippen LogP contribution < -0.4 is 0 Å². The third-order valence-electron chi connectivity index (χ3n) is 4.65. The Labute approximate surface area is 170 Å². The topological polar surface area (TPSA) is 42.4 Å². The molecule has 4 nitrogen and oxygen atoms in total. The van der Waals surface area contributed by atoms with Crippen molar-refractivity contribution < 1.29 is 31.5 Å². The Morgan fingerprint density at radius 2 is 1.67 bits per heavy atom. The molecule has 0 saturated heterocycles. The van der Waals surface area contributed by atoms with E-state index in [0.717, 1.165) is 11.6 Å². The quantitative estimate of drug-likeness (QED) is 0.591. The molecule has 0 unspecified atom stereocenters. The second-order valence-electron chi connectivity index (χ2n) is 8.14. The summed E-state index contributed by atoms with van der Waals surface area (Å²) >= 11 is 0. The largest absolute Gasteiger partial charge is 0.444 e. The first-order valence-corrected chi connectivity index (χ1v) is 9.29. The van der Waals surface area contributed by atoms with Crippen molar-refractivity contribution >= 4 is 6.09 Å². The lowest BCUT2D eigenvalue weighted by Gasteiger charge is -2.31. The fourth-order valence-electron chi connectivity index (χ4n) is 3.15. The van der Waals surface area contributed by atoms with Gasteiger partial charge in [-0.2, -0.15) is 22.0 Å². The number of pyridine rings is 1. The Morgan fingerprint density at radius 3 is 2.23 bits per heavy atom. The van der Waals surface area contributed by atoms with Crippen molar-refractivity contribution in [2.75, 3.05) is 6.54 Å². The number of hydrogen-bond donors (Lipinski definition) is 0. The number of benzene rings is 1. The van der Waals surface area contributed by atoms with E-state index < -0.39 is 35.1 Å². The van der Waals surface area contributed by atoms with Gasteiger partial charge in [-0.1, -0.05) is 12.1 Å². The predicted molar refractivity (Wildman–Crippen MR) is 99.0 cm³/mol. The van der Waals surface area contributed by atoms with Crippen LogP contribution >= 0.6 is 0 Å². The maximum Gasteiger partial charge on any atom is 0.433 e. The predicted octanol–water partition coefficient (Wildman–Crippen LogP) is 5.53. The first-order valence-electron chi connectivity index (χ1n) is 9.29. The van der Waals surface area contributed by atoms with Crippen LogP contribution in [-0.2, 0) is 29.8 Å². The number of carbonyl (C=O) groups is 1. The highest BCUT2D eigenvalue weighted by atomic mass is 19.4. The van der Waals surface area contributed by atoms with Gasteiger partial charge in [-0.15, -0.1) is 0 Å². The summed E-state index contributed by atoms with van der Waals surface area (Å²) in [7, 11) is 0. The monoisotopic (exact) mass is 428 g/mol. The first kappa shape index (κ1) is 22.0. The molecule has 1 amide bonds. The average molecular weight is 428 g/mol. The van der Waals surface area contributed by atoms with Crippen molar-refractivity contribution in [2.45, 2.75) is 51.4 Å². The minimum Gasteiger partial charge on any atom is -0.444 e. The van der Waals surface area contributed by atoms with Gasteiger partial charge in [0.05, 0.1) is 0 Å². The number of alkyl halides is 5. The molecular weight excluding hydrogens is 407 g/mol. The molecule has 0 bridgehead atoms. The summed E-state index contributed by atoms with van der Waals surface area (Å²) in [5.74, 6) is -3.54. The maximum atomic E-state index is 14.9. The highest BCUT2D eigenvalue weighted by Crippen LogP contribution is 2.38. The van der Waals surface area contributed by atoms with E-state index in [4.69, 9.17) is 4.74 Å². The Bertz CT molecular complexity index is 934. The van der Waals surface area contributed by atoms with Crippen molar-refractivity contribution in [3.8, 4) is 0 Å². The smallest absolute Gasteiger partial charge is 0.433 e. The molecule has 1 aromatic carbocycles. The molecule has 2 heterocycles. The highest BCUT2D eigenvalue weighted by molar-refractivity contribution is 5.68. The number of carbonyl (C=O) groups excluding carboxylic acids is 1. The summed E-state index contributed by atoms with van der Waals surface area (Å²) in [4.78, 5) is 16.9. The zero-order valence-corrected chi connectivity index (χ0v) is 16.7. The zero-order chi connectivity index (χ0) is 22.3. The number of rotatable bonds is 2. The van der Waals surface area contributed by atoms with Gasteiger partial charge in [0.25, 0.3) is 5.92 Å². The van der Waals surface area contributed by atoms with Gasteiger partial charge >= 0.3 is 12.3 Å². The van der Waals surface area contributed by atoms with E-state index in [1.54, 1.807) is 26.8 Å². The lowest BCUT2D eigenvalue weighted by atomic mass is 9.93. The number of aromatic nitrogens is 1. The summed E-state index contributed by atoms with van der Waals surface area (Å²) in [5.41, 5.74) is -1.56. The number of halogens is 5. The van der Waals surface area contributed by atoms with Gasteiger partial charge in [0, 0.05) is 30.4 Å². The second kappa shape index (κ2) is 7.52. The fourth-order valence-corrected chi connectivity index (χ4v) is 3.15. The molecule has 0 aliphatic carbocycles. The summed E-state index contributed by atoms with van der Waals surface area (Å²) in [6, 6.07) is 5.35. The molecule has 1 aliphatic rings. The number of fused-ring (bicyclic) bond motifs is 1. The van der Waals surface area contributed by atoms with Gasteiger partial charge < -0.3 is 9.64 Å². The van der Waals surface area contributed by atoms with Crippen molar-refractivity contribution in [1.82, 2.24) is 9.88 Å². The van der Waals surface area contributed by atoms with Crippen LogP contribution in [0.2, 0.25) is 0 Å². The minimum absolute atomic E-state index is 0.111. The van der Waals surface area contributed by atoms with E-state index in [1.807, 2.05) is 0 Å². The Hall–Kier alpha value is -2.71. The Kier molecular flexibility index (Phi) is 5.51. The highest BCUT2D eigenvalue weighted by Gasteiger charge is 2.38. The lowest BCUT2D eigenvalue weighted by Crippen LogP contribution is -2.40. The standard InChI is InChI=1S/C21H21F5N2O2/c1-19(2,3)30-18(29)28-9-8-13-4-5-15(10-14(13)12-28)20(22,23)16-6-7-17(27-11-16)21(24,25)26/h4-7,10-11H,8-9,12H2,1-3H3. The van der Waals surface area contributed by atoms with Crippen LogP contribution in [0.15, 0.2) is 36.5 Å². The van der Waals surface area contributed by atoms with Crippen LogP contribution in [0.3, 0.4) is 0 Å². The molecule has 162 valence electrons. The molecule has 0 saturated carbocycles. The molecule has 0 atom stereocenters. The van der Waals surface area contributed by atoms with E-state index in [1.165, 1.54) is 17.0 Å². The average Bonchev–Trinajstić information content (AvgIpc) is 2.65. The van der Waals surface area contributed by atoms with Gasteiger partial charge in [0.15, 0.2) is 0 Å². The van der Waals surface area contributed by atoms with Crippen LogP contribution in [0.25, 0.3) is 0 Å². The van der Waals surface area contributed by atoms with Crippen molar-refractivity contribution in [3.63, 3.8) is 0 Å². The summed E-state index contributed by atoms with van der Waals surface area (Å²) in [6.07, 6.45) is -4.21. The normalized spacial score (nSPS) is 15.0. The first-order chi connectivity index (χ1) is 13.8. The third-order valence-corrected chi connectivity index (χ3v) is 4.65. The zero-order valence-electron chi connectivity index (χ0n) is 16.7. The summed E-state index contributed by atoms with van der Waals surface area (Å²) in [6.45, 7) is 5.72. The second-order valence-corrected chi connectivity index (χ2v) is 8.14. The summed E-state index contributed by atoms with van der Waals surface area (Å²) < 4.78 is 73.1. The van der Waals surface area contributed by atoms with Crippen molar-refractivity contribution in [3.05, 3.63) is 64.5 Å². The molecule has 0 fully saturated rings. The molecule has 2 aromatic rings. The van der Waals surface area contributed by atoms with E-state index in [9.17, 15) is 26.7 Å². The van der Waals surface area contributed by atoms with Crippen LogP contribution in [0.5, 0.6) is 0 Å². The molecule has 1 aromatic heterocycles. The molecule has 0 radical (unpaired) electrons. The van der Waals surface area contributed by atoms with Crippen LogP contribution in [-0.4, -0.2) is 28.1 Å². The van der Waals surface area contributed by atoms with Crippen LogP contribution in [0, 0.1) is 0 Å². The number of amides is 1. The van der Waals surface area contributed by atoms with Crippen molar-refractivity contribution in [1.29, 1.82) is 0 Å². The molecule has 0 spiro atoms. The van der Waals surface area contributed by atoms with E-state index in [0.29, 0.717) is 30.8 Å². The molecule has 9 heteroatoms. The van der Waals surface area contributed by atoms with Crippen LogP contribution in [0.4, 0.5) is 26.7 Å². The Morgan fingerprint density at radius 1 is 1.00 bits per heavy atom. The Balaban J connectivity index is 1.85. The van der Waals surface area contributed by atoms with Gasteiger partial charge in [-0.3, -0.25) is 4.98 Å². The van der Waals surface area contributed by atoms with Gasteiger partial charge in [-0.25, -0.2) is 4.79 Å². The molecule has 1 aliphatic heterocycles. The molecule has 0 N–H and O–H groups in total. The van der Waals surface area contributed by atoms with Crippen LogP contribution in [0.1, 0.15) is 48.7 Å². The fraction of sp³-hybridized carbons (Fsp3) is 0.429. The van der Waals surface area contributed by atoms with Gasteiger partial charge in [-0.05, 0) is 56.5 Å². The van der Waals surface area contributed by atoms with E-state index >= 15 is 0 Å². The minimum atomic E-state index is -4.70. The number of ether oxygens (including phenoxy) is 1. The van der Waals surface area contributed by atoms with Gasteiger partial charge in [0.1, 0.15) is 11.3 Å². The number of nitrogens with zero attached hydrogens (tertiary/aromatic N) is 2. The lowest BCUT2D eigenvalue weighted by molar-refractivity contribution is -0.141. The molecular formula is C21H21F5N2O2. The number of hydrogen-bond acceptors (Lipinski definition) is 3. The summed E-state index contributed by atoms with van der Waals surface area (Å²) in [5, 5.41) is 0. The van der Waals surface area contributed by atoms with E-state index in [2.05, 4.69) is 4.98 Å². The van der Waals surface area contributed by atoms with E-state index in [-0.39, 0.29) is 12.1 Å². The maximum absolute atomic E-state index is 14.9. The SMILES string of the molecule is CC(C)(C)OC(=O)N1CCc2ccc(C(F)(F)c3ccc(C(F)(F)F)nc3)cc2C1. The molecule has 30 heavy (non-hydrogen) atoms. The van der Waals surface area contributed by atoms with Crippen molar-refractivity contribution in [2.24, 2.45) is 0 Å².